The topological polar surface area (TPSA) is 98.2 Å². The van der Waals surface area contributed by atoms with Gasteiger partial charge in [-0.05, 0) is 74.0 Å². The molecule has 0 bridgehead atoms. The van der Waals surface area contributed by atoms with Crippen LogP contribution in [0.25, 0.3) is 0 Å². The normalized spacial score (nSPS) is 10.7. The Hall–Kier alpha value is -3.75. The fraction of sp³-hybridized carbons (Fsp3) is 0.192. The molecule has 0 atom stereocenters. The third kappa shape index (κ3) is 7.90. The van der Waals surface area contributed by atoms with Crippen molar-refractivity contribution >= 4 is 46.9 Å². The van der Waals surface area contributed by atoms with Crippen molar-refractivity contribution in [2.24, 2.45) is 5.10 Å². The summed E-state index contributed by atoms with van der Waals surface area (Å²) in [5, 5.41) is 7.40. The molecule has 0 fully saturated rings. The molecule has 0 aliphatic carbocycles. The maximum Gasteiger partial charge on any atom is 0.329 e. The minimum absolute atomic E-state index is 0.225. The molecule has 2 amide bonds. The first-order valence-electron chi connectivity index (χ1n) is 11.1. The molecular weight excluding hydrogens is 505 g/mol. The van der Waals surface area contributed by atoms with Crippen LogP contribution in [0.5, 0.6) is 17.2 Å². The number of hydrazone groups is 1. The van der Waals surface area contributed by atoms with Crippen LogP contribution in [0.2, 0.25) is 10.0 Å². The van der Waals surface area contributed by atoms with E-state index in [-0.39, 0.29) is 6.61 Å². The number of benzene rings is 3. The largest absolute Gasteiger partial charge is 0.494 e. The van der Waals surface area contributed by atoms with Gasteiger partial charge in [0, 0.05) is 21.3 Å². The number of carbonyl (C=O) groups excluding carboxylic acids is 2. The van der Waals surface area contributed by atoms with Gasteiger partial charge >= 0.3 is 11.8 Å². The van der Waals surface area contributed by atoms with Crippen LogP contribution in [0.1, 0.15) is 25.0 Å². The summed E-state index contributed by atoms with van der Waals surface area (Å²) < 4.78 is 16.9. The standard InChI is InChI=1S/C26H25Cl2N3O5/c1-3-34-21-10-8-20(9-11-21)30-25(32)26(33)31-29-15-17-5-12-23(24(13-17)35-4-2)36-16-18-6-7-19(27)14-22(18)28/h5-15H,3-4,16H2,1-2H3,(H,30,32)(H,31,33). The Morgan fingerprint density at radius 1 is 0.861 bits per heavy atom. The second-order valence-electron chi connectivity index (χ2n) is 7.27. The summed E-state index contributed by atoms with van der Waals surface area (Å²) in [5.74, 6) is -0.0908. The van der Waals surface area contributed by atoms with Gasteiger partial charge in [0.1, 0.15) is 12.4 Å². The molecule has 0 saturated carbocycles. The third-order valence-corrected chi connectivity index (χ3v) is 5.26. The number of nitrogens with one attached hydrogen (secondary N) is 2. The van der Waals surface area contributed by atoms with Crippen LogP contribution < -0.4 is 25.0 Å². The third-order valence-electron chi connectivity index (χ3n) is 4.68. The Bertz CT molecular complexity index is 1230. The van der Waals surface area contributed by atoms with E-state index >= 15 is 0 Å². The average Bonchev–Trinajstić information content (AvgIpc) is 2.86. The van der Waals surface area contributed by atoms with Gasteiger partial charge in [0.2, 0.25) is 0 Å². The number of amides is 2. The van der Waals surface area contributed by atoms with E-state index in [0.717, 1.165) is 5.56 Å². The smallest absolute Gasteiger partial charge is 0.329 e. The molecule has 0 heterocycles. The van der Waals surface area contributed by atoms with Crippen molar-refractivity contribution in [3.8, 4) is 17.2 Å². The minimum atomic E-state index is -0.912. The number of rotatable bonds is 10. The van der Waals surface area contributed by atoms with Crippen LogP contribution in [0.4, 0.5) is 5.69 Å². The van der Waals surface area contributed by atoms with Gasteiger partial charge in [-0.3, -0.25) is 9.59 Å². The zero-order valence-electron chi connectivity index (χ0n) is 19.7. The molecule has 8 nitrogen and oxygen atoms in total. The van der Waals surface area contributed by atoms with E-state index in [1.54, 1.807) is 60.7 Å². The number of anilines is 1. The molecule has 3 aromatic carbocycles. The maximum absolute atomic E-state index is 12.1. The predicted molar refractivity (Wildman–Crippen MR) is 140 cm³/mol. The van der Waals surface area contributed by atoms with E-state index in [1.165, 1.54) is 6.21 Å². The van der Waals surface area contributed by atoms with Crippen molar-refractivity contribution in [1.29, 1.82) is 0 Å². The predicted octanol–water partition coefficient (Wildman–Crippen LogP) is 5.46. The average molecular weight is 530 g/mol. The molecule has 0 spiro atoms. The van der Waals surface area contributed by atoms with Crippen molar-refractivity contribution in [3.05, 3.63) is 81.8 Å². The molecule has 0 aliphatic rings. The quantitative estimate of drug-likeness (QED) is 0.206. The first kappa shape index (κ1) is 26.8. The lowest BCUT2D eigenvalue weighted by atomic mass is 10.2. The number of hydrogen-bond acceptors (Lipinski definition) is 6. The van der Waals surface area contributed by atoms with Gasteiger partial charge in [-0.25, -0.2) is 5.43 Å². The van der Waals surface area contributed by atoms with Crippen molar-refractivity contribution in [1.82, 2.24) is 5.43 Å². The summed E-state index contributed by atoms with van der Waals surface area (Å²) in [6.07, 6.45) is 1.39. The van der Waals surface area contributed by atoms with Gasteiger partial charge in [0.15, 0.2) is 11.5 Å². The highest BCUT2D eigenvalue weighted by molar-refractivity contribution is 6.39. The lowest BCUT2D eigenvalue weighted by Crippen LogP contribution is -2.32. The summed E-state index contributed by atoms with van der Waals surface area (Å²) >= 11 is 12.1. The molecule has 188 valence electrons. The van der Waals surface area contributed by atoms with Gasteiger partial charge in [-0.15, -0.1) is 0 Å². The lowest BCUT2D eigenvalue weighted by Gasteiger charge is -2.13. The highest BCUT2D eigenvalue weighted by Crippen LogP contribution is 2.30. The van der Waals surface area contributed by atoms with Crippen LogP contribution in [0, 0.1) is 0 Å². The van der Waals surface area contributed by atoms with Gasteiger partial charge in [0.05, 0.1) is 19.4 Å². The summed E-state index contributed by atoms with van der Waals surface area (Å²) in [7, 11) is 0. The molecule has 10 heteroatoms. The van der Waals surface area contributed by atoms with Crippen LogP contribution in [-0.4, -0.2) is 31.2 Å². The summed E-state index contributed by atoms with van der Waals surface area (Å²) in [5.41, 5.74) is 4.07. The summed E-state index contributed by atoms with van der Waals surface area (Å²) in [6.45, 7) is 4.90. The number of ether oxygens (including phenoxy) is 3. The Kier molecular flexibility index (Phi) is 9.97. The maximum atomic E-state index is 12.1. The Morgan fingerprint density at radius 3 is 2.31 bits per heavy atom. The number of halogens is 2. The first-order chi connectivity index (χ1) is 17.4. The number of hydrogen-bond donors (Lipinski definition) is 2. The van der Waals surface area contributed by atoms with Crippen molar-refractivity contribution < 1.29 is 23.8 Å². The van der Waals surface area contributed by atoms with Gasteiger partial charge in [0.25, 0.3) is 0 Å². The summed E-state index contributed by atoms with van der Waals surface area (Å²) in [4.78, 5) is 24.2. The molecule has 0 saturated heterocycles. The molecule has 2 N–H and O–H groups in total. The Labute approximate surface area is 219 Å². The fourth-order valence-electron chi connectivity index (χ4n) is 2.99. The van der Waals surface area contributed by atoms with E-state index < -0.39 is 11.8 Å². The van der Waals surface area contributed by atoms with E-state index in [9.17, 15) is 9.59 Å². The van der Waals surface area contributed by atoms with E-state index in [0.29, 0.717) is 51.8 Å². The van der Waals surface area contributed by atoms with Crippen molar-refractivity contribution in [2.45, 2.75) is 20.5 Å². The SMILES string of the molecule is CCOc1ccc(NC(=O)C(=O)NN=Cc2ccc(OCc3ccc(Cl)cc3Cl)c(OCC)c2)cc1. The number of nitrogens with zero attached hydrogens (tertiary/aromatic N) is 1. The molecule has 3 aromatic rings. The molecule has 0 aromatic heterocycles. The monoisotopic (exact) mass is 529 g/mol. The molecular formula is C26H25Cl2N3O5. The van der Waals surface area contributed by atoms with Gasteiger partial charge in [-0.2, -0.15) is 5.10 Å². The molecule has 0 radical (unpaired) electrons. The van der Waals surface area contributed by atoms with Crippen LogP contribution in [0.3, 0.4) is 0 Å². The van der Waals surface area contributed by atoms with Crippen molar-refractivity contribution in [3.63, 3.8) is 0 Å². The molecule has 3 rings (SSSR count). The van der Waals surface area contributed by atoms with Crippen LogP contribution in [0.15, 0.2) is 65.8 Å². The lowest BCUT2D eigenvalue weighted by molar-refractivity contribution is -0.136. The zero-order chi connectivity index (χ0) is 25.9. The molecule has 36 heavy (non-hydrogen) atoms. The second-order valence-corrected chi connectivity index (χ2v) is 8.12. The van der Waals surface area contributed by atoms with E-state index in [1.807, 2.05) is 13.8 Å². The Morgan fingerprint density at radius 2 is 1.61 bits per heavy atom. The Balaban J connectivity index is 1.58. The molecule has 0 aliphatic heterocycles. The number of carbonyl (C=O) groups is 2. The summed E-state index contributed by atoms with van der Waals surface area (Å²) in [6, 6.07) is 17.0. The van der Waals surface area contributed by atoms with E-state index in [4.69, 9.17) is 37.4 Å². The van der Waals surface area contributed by atoms with Crippen LogP contribution >= 0.6 is 23.2 Å². The highest BCUT2D eigenvalue weighted by Gasteiger charge is 2.13. The second kappa shape index (κ2) is 13.4. The highest BCUT2D eigenvalue weighted by atomic mass is 35.5. The van der Waals surface area contributed by atoms with Crippen molar-refractivity contribution in [2.75, 3.05) is 18.5 Å². The minimum Gasteiger partial charge on any atom is -0.494 e. The first-order valence-corrected chi connectivity index (χ1v) is 11.9. The molecule has 0 unspecified atom stereocenters. The fourth-order valence-corrected chi connectivity index (χ4v) is 3.46. The van der Waals surface area contributed by atoms with Gasteiger partial charge in [-0.1, -0.05) is 29.3 Å². The van der Waals surface area contributed by atoms with E-state index in [2.05, 4.69) is 15.8 Å². The zero-order valence-corrected chi connectivity index (χ0v) is 21.2. The van der Waals surface area contributed by atoms with Gasteiger partial charge < -0.3 is 19.5 Å². The van der Waals surface area contributed by atoms with Crippen LogP contribution in [-0.2, 0) is 16.2 Å².